The number of benzene rings is 2. The van der Waals surface area contributed by atoms with Crippen LogP contribution >= 0.6 is 11.8 Å². The van der Waals surface area contributed by atoms with Crippen molar-refractivity contribution in [2.45, 2.75) is 0 Å². The van der Waals surface area contributed by atoms with E-state index in [0.717, 1.165) is 16.7 Å². The molecule has 2 aromatic carbocycles. The Balaban J connectivity index is 1.88. The van der Waals surface area contributed by atoms with Gasteiger partial charge in [0.2, 0.25) is 0 Å². The van der Waals surface area contributed by atoms with Crippen LogP contribution in [0.25, 0.3) is 6.08 Å². The van der Waals surface area contributed by atoms with E-state index in [1.807, 2.05) is 0 Å². The van der Waals surface area contributed by atoms with Crippen molar-refractivity contribution in [3.05, 3.63) is 64.6 Å². The van der Waals surface area contributed by atoms with E-state index in [4.69, 9.17) is 9.84 Å². The number of thioether (sulfide) groups is 1. The first-order valence-corrected chi connectivity index (χ1v) is 8.06. The number of carbonyl (C=O) groups is 3. The fourth-order valence-corrected chi connectivity index (χ4v) is 3.15. The summed E-state index contributed by atoms with van der Waals surface area (Å²) >= 11 is 0.837. The third-order valence-electron chi connectivity index (χ3n) is 3.56. The van der Waals surface area contributed by atoms with Crippen LogP contribution in [0.2, 0.25) is 0 Å². The maximum absolute atomic E-state index is 12.6. The highest BCUT2D eigenvalue weighted by Crippen LogP contribution is 2.36. The minimum Gasteiger partial charge on any atom is -0.497 e. The van der Waals surface area contributed by atoms with Gasteiger partial charge in [0.25, 0.3) is 11.1 Å². The maximum atomic E-state index is 12.6. The van der Waals surface area contributed by atoms with Crippen LogP contribution in [0.1, 0.15) is 15.9 Å². The summed E-state index contributed by atoms with van der Waals surface area (Å²) in [6, 6.07) is 12.8. The summed E-state index contributed by atoms with van der Waals surface area (Å²) in [7, 11) is 1.51. The fourth-order valence-electron chi connectivity index (χ4n) is 2.31. The minimum absolute atomic E-state index is 0.154. The van der Waals surface area contributed by atoms with Crippen molar-refractivity contribution in [2.75, 3.05) is 12.0 Å². The maximum Gasteiger partial charge on any atom is 0.335 e. The normalized spacial score (nSPS) is 15.7. The summed E-state index contributed by atoms with van der Waals surface area (Å²) in [6.07, 6.45) is 1.57. The van der Waals surface area contributed by atoms with Gasteiger partial charge in [0.05, 0.1) is 23.3 Å². The monoisotopic (exact) mass is 355 g/mol. The molecule has 0 atom stereocenters. The van der Waals surface area contributed by atoms with Gasteiger partial charge >= 0.3 is 5.97 Å². The van der Waals surface area contributed by atoms with Gasteiger partial charge in [-0.2, -0.15) is 0 Å². The highest BCUT2D eigenvalue weighted by Gasteiger charge is 2.36. The second kappa shape index (κ2) is 6.82. The molecule has 126 valence electrons. The zero-order chi connectivity index (χ0) is 18.0. The van der Waals surface area contributed by atoms with E-state index in [2.05, 4.69) is 0 Å². The van der Waals surface area contributed by atoms with E-state index in [1.54, 1.807) is 42.5 Å². The highest BCUT2D eigenvalue weighted by molar-refractivity contribution is 8.19. The fraction of sp³-hybridized carbons (Fsp3) is 0.0556. The number of hydrogen-bond donors (Lipinski definition) is 1. The molecule has 25 heavy (non-hydrogen) atoms. The third-order valence-corrected chi connectivity index (χ3v) is 4.43. The zero-order valence-electron chi connectivity index (χ0n) is 13.1. The molecule has 0 aliphatic carbocycles. The number of methoxy groups -OCH3 is 1. The van der Waals surface area contributed by atoms with E-state index in [1.165, 1.54) is 19.2 Å². The van der Waals surface area contributed by atoms with Crippen LogP contribution in [0.3, 0.4) is 0 Å². The van der Waals surface area contributed by atoms with Crippen molar-refractivity contribution < 1.29 is 24.2 Å². The molecule has 1 heterocycles. The Labute approximate surface area is 147 Å². The standard InChI is InChI=1S/C18H13NO5S/c1-24-14-4-2-3-13(10-14)19-16(20)15(25-18(19)23)9-11-5-7-12(8-6-11)17(21)22/h2-10H,1H3,(H,21,22)/b15-9-. The zero-order valence-corrected chi connectivity index (χ0v) is 13.9. The van der Waals surface area contributed by atoms with Gasteiger partial charge in [0.1, 0.15) is 5.75 Å². The van der Waals surface area contributed by atoms with E-state index < -0.39 is 17.1 Å². The van der Waals surface area contributed by atoms with Crippen LogP contribution in [0, 0.1) is 0 Å². The van der Waals surface area contributed by atoms with Crippen molar-refractivity contribution >= 4 is 40.6 Å². The predicted octanol–water partition coefficient (Wildman–Crippen LogP) is 3.63. The quantitative estimate of drug-likeness (QED) is 0.843. The molecule has 0 unspecified atom stereocenters. The predicted molar refractivity (Wildman–Crippen MR) is 94.8 cm³/mol. The number of aromatic carboxylic acids is 1. The Bertz CT molecular complexity index is 889. The second-order valence-electron chi connectivity index (χ2n) is 5.15. The summed E-state index contributed by atoms with van der Waals surface area (Å²) in [5, 5.41) is 8.51. The van der Waals surface area contributed by atoms with E-state index >= 15 is 0 Å². The molecular formula is C18H13NO5S. The number of carboxylic acids is 1. The number of ether oxygens (including phenoxy) is 1. The molecule has 0 aromatic heterocycles. The van der Waals surface area contributed by atoms with Gasteiger partial charge in [-0.3, -0.25) is 9.59 Å². The number of imide groups is 1. The topological polar surface area (TPSA) is 83.9 Å². The molecule has 1 N–H and O–H groups in total. The minimum atomic E-state index is -1.02. The van der Waals surface area contributed by atoms with E-state index in [9.17, 15) is 14.4 Å². The van der Waals surface area contributed by atoms with Gasteiger partial charge in [-0.25, -0.2) is 9.69 Å². The first kappa shape index (κ1) is 16.8. The Morgan fingerprint density at radius 2 is 1.88 bits per heavy atom. The molecule has 3 rings (SSSR count). The Morgan fingerprint density at radius 1 is 1.16 bits per heavy atom. The van der Waals surface area contributed by atoms with E-state index in [-0.39, 0.29) is 10.5 Å². The molecule has 0 saturated carbocycles. The average Bonchev–Trinajstić information content (AvgIpc) is 2.89. The van der Waals surface area contributed by atoms with Gasteiger partial charge in [-0.15, -0.1) is 0 Å². The number of carboxylic acid groups (broad SMARTS) is 1. The van der Waals surface area contributed by atoms with Crippen molar-refractivity contribution in [3.63, 3.8) is 0 Å². The smallest absolute Gasteiger partial charge is 0.335 e. The molecule has 0 spiro atoms. The second-order valence-corrected chi connectivity index (χ2v) is 6.14. The molecule has 0 bridgehead atoms. The van der Waals surface area contributed by atoms with Crippen molar-refractivity contribution in [1.82, 2.24) is 0 Å². The summed E-state index contributed by atoms with van der Waals surface area (Å²) in [5.74, 6) is -0.903. The van der Waals surface area contributed by atoms with Crippen molar-refractivity contribution in [2.24, 2.45) is 0 Å². The molecule has 1 saturated heterocycles. The van der Waals surface area contributed by atoms with Crippen molar-refractivity contribution in [3.8, 4) is 5.75 Å². The molecule has 1 aliphatic rings. The lowest BCUT2D eigenvalue weighted by molar-refractivity contribution is -0.113. The first-order chi connectivity index (χ1) is 12.0. The van der Waals surface area contributed by atoms with Crippen LogP contribution in [0.5, 0.6) is 5.75 Å². The number of hydrogen-bond acceptors (Lipinski definition) is 5. The SMILES string of the molecule is COc1cccc(N2C(=O)S/C(=C\c3ccc(C(=O)O)cc3)C2=O)c1. The van der Waals surface area contributed by atoms with E-state index in [0.29, 0.717) is 17.0 Å². The van der Waals surface area contributed by atoms with Gasteiger partial charge in [-0.05, 0) is 47.7 Å². The molecule has 7 heteroatoms. The number of anilines is 1. The molecular weight excluding hydrogens is 342 g/mol. The summed E-state index contributed by atoms with van der Waals surface area (Å²) in [5.41, 5.74) is 1.23. The summed E-state index contributed by atoms with van der Waals surface area (Å²) in [6.45, 7) is 0. The molecule has 6 nitrogen and oxygen atoms in total. The Hall–Kier alpha value is -3.06. The van der Waals surface area contributed by atoms with Crippen molar-refractivity contribution in [1.29, 1.82) is 0 Å². The van der Waals surface area contributed by atoms with Crippen LogP contribution in [0.4, 0.5) is 10.5 Å². The number of nitrogens with zero attached hydrogens (tertiary/aromatic N) is 1. The van der Waals surface area contributed by atoms with Crippen LogP contribution in [0.15, 0.2) is 53.4 Å². The first-order valence-electron chi connectivity index (χ1n) is 7.25. The lowest BCUT2D eigenvalue weighted by Gasteiger charge is -2.13. The van der Waals surface area contributed by atoms with Gasteiger partial charge in [0.15, 0.2) is 0 Å². The largest absolute Gasteiger partial charge is 0.497 e. The number of amides is 2. The van der Waals surface area contributed by atoms with Crippen LogP contribution in [-0.2, 0) is 4.79 Å². The lowest BCUT2D eigenvalue weighted by atomic mass is 10.1. The van der Waals surface area contributed by atoms with Gasteiger partial charge < -0.3 is 9.84 Å². The number of rotatable bonds is 4. The average molecular weight is 355 g/mol. The van der Waals surface area contributed by atoms with Crippen LogP contribution in [-0.4, -0.2) is 29.3 Å². The summed E-state index contributed by atoms with van der Waals surface area (Å²) in [4.78, 5) is 37.0. The molecule has 2 aromatic rings. The number of carbonyl (C=O) groups excluding carboxylic acids is 2. The van der Waals surface area contributed by atoms with Gasteiger partial charge in [0, 0.05) is 6.07 Å². The molecule has 1 aliphatic heterocycles. The highest BCUT2D eigenvalue weighted by atomic mass is 32.2. The van der Waals surface area contributed by atoms with Gasteiger partial charge in [-0.1, -0.05) is 18.2 Å². The lowest BCUT2D eigenvalue weighted by Crippen LogP contribution is -2.27. The molecule has 0 radical (unpaired) electrons. The molecule has 1 fully saturated rings. The Kier molecular flexibility index (Phi) is 4.58. The Morgan fingerprint density at radius 3 is 2.52 bits per heavy atom. The van der Waals surface area contributed by atoms with Crippen LogP contribution < -0.4 is 9.64 Å². The third kappa shape index (κ3) is 3.41. The molecule has 2 amide bonds. The summed E-state index contributed by atoms with van der Waals surface area (Å²) < 4.78 is 5.12.